The van der Waals surface area contributed by atoms with Crippen molar-refractivity contribution in [3.05, 3.63) is 52.5 Å². The van der Waals surface area contributed by atoms with Crippen LogP contribution < -0.4 is 10.5 Å². The van der Waals surface area contributed by atoms with Crippen LogP contribution in [0, 0.1) is 0 Å². The fourth-order valence-electron chi connectivity index (χ4n) is 3.08. The van der Waals surface area contributed by atoms with Crippen molar-refractivity contribution in [3.8, 4) is 5.75 Å². The number of carboxylic acids is 1. The Bertz CT molecular complexity index is 1020. The van der Waals surface area contributed by atoms with Crippen molar-refractivity contribution in [2.24, 2.45) is 5.73 Å². The number of rotatable bonds is 8. The van der Waals surface area contributed by atoms with E-state index in [1.807, 2.05) is 41.8 Å². The molecule has 0 saturated heterocycles. The zero-order valence-electron chi connectivity index (χ0n) is 14.6. The Morgan fingerprint density at radius 3 is 2.52 bits per heavy atom. The first kappa shape index (κ1) is 18.7. The lowest BCUT2D eigenvalue weighted by atomic mass is 10.1. The van der Waals surface area contributed by atoms with Crippen LogP contribution in [0.15, 0.2) is 35.7 Å². The molecule has 0 radical (unpaired) electrons. The van der Waals surface area contributed by atoms with E-state index in [4.69, 9.17) is 15.6 Å². The smallest absolute Gasteiger partial charge is 0.341 e. The molecule has 3 N–H and O–H groups in total. The summed E-state index contributed by atoms with van der Waals surface area (Å²) in [7, 11) is 0. The molecule has 3 aromatic rings. The predicted octanol–water partition coefficient (Wildman–Crippen LogP) is 2.44. The number of fused-ring (bicyclic) bond motifs is 1. The van der Waals surface area contributed by atoms with Gasteiger partial charge < -0.3 is 20.1 Å². The SMILES string of the molecule is CCc1c(C(=O)C(N)=O)c2c(OCC(=O)O)csc2n1Cc1ccccc1. The highest BCUT2D eigenvalue weighted by Gasteiger charge is 2.28. The first-order valence-corrected chi connectivity index (χ1v) is 9.17. The van der Waals surface area contributed by atoms with Gasteiger partial charge in [0.2, 0.25) is 0 Å². The van der Waals surface area contributed by atoms with Crippen molar-refractivity contribution in [2.75, 3.05) is 6.61 Å². The Balaban J connectivity index is 2.21. The molecule has 0 aliphatic heterocycles. The molecule has 2 aromatic heterocycles. The van der Waals surface area contributed by atoms with E-state index < -0.39 is 24.3 Å². The first-order valence-electron chi connectivity index (χ1n) is 8.29. The minimum atomic E-state index is -1.13. The number of hydrogen-bond acceptors (Lipinski definition) is 5. The van der Waals surface area contributed by atoms with Crippen LogP contribution in [0.25, 0.3) is 10.2 Å². The lowest BCUT2D eigenvalue weighted by Gasteiger charge is -2.10. The fourth-order valence-corrected chi connectivity index (χ4v) is 4.10. The van der Waals surface area contributed by atoms with Gasteiger partial charge in [-0.05, 0) is 12.0 Å². The maximum Gasteiger partial charge on any atom is 0.341 e. The van der Waals surface area contributed by atoms with Crippen LogP contribution >= 0.6 is 11.3 Å². The van der Waals surface area contributed by atoms with Gasteiger partial charge in [-0.15, -0.1) is 11.3 Å². The van der Waals surface area contributed by atoms with Gasteiger partial charge in [-0.2, -0.15) is 0 Å². The molecule has 0 unspecified atom stereocenters. The zero-order chi connectivity index (χ0) is 19.6. The molecule has 0 bridgehead atoms. The lowest BCUT2D eigenvalue weighted by molar-refractivity contribution is -0.139. The molecule has 1 amide bonds. The minimum Gasteiger partial charge on any atom is -0.480 e. The number of carbonyl (C=O) groups excluding carboxylic acids is 2. The molecule has 0 aliphatic rings. The number of ketones is 1. The number of aromatic nitrogens is 1. The normalized spacial score (nSPS) is 10.9. The number of aliphatic carboxylic acids is 1. The third kappa shape index (κ3) is 3.56. The Morgan fingerprint density at radius 1 is 1.22 bits per heavy atom. The summed E-state index contributed by atoms with van der Waals surface area (Å²) in [5.41, 5.74) is 7.15. The molecule has 0 aliphatic carbocycles. The Labute approximate surface area is 159 Å². The summed E-state index contributed by atoms with van der Waals surface area (Å²) >= 11 is 1.33. The summed E-state index contributed by atoms with van der Waals surface area (Å²) in [6.07, 6.45) is 0.501. The van der Waals surface area contributed by atoms with Crippen LogP contribution in [0.5, 0.6) is 5.75 Å². The van der Waals surface area contributed by atoms with Gasteiger partial charge in [-0.1, -0.05) is 37.3 Å². The van der Waals surface area contributed by atoms with Crippen molar-refractivity contribution in [2.45, 2.75) is 19.9 Å². The van der Waals surface area contributed by atoms with Crippen LogP contribution in [-0.2, 0) is 22.6 Å². The van der Waals surface area contributed by atoms with Crippen LogP contribution in [0.2, 0.25) is 0 Å². The Hall–Kier alpha value is -3.13. The van der Waals surface area contributed by atoms with Crippen molar-refractivity contribution in [1.29, 1.82) is 0 Å². The molecular weight excluding hydrogens is 368 g/mol. The summed E-state index contributed by atoms with van der Waals surface area (Å²) in [5, 5.41) is 11.0. The number of thiophene rings is 1. The molecule has 8 heteroatoms. The number of Topliss-reactive ketones (excluding diaryl/α,β-unsaturated/α-hetero) is 1. The maximum absolute atomic E-state index is 12.5. The number of ether oxygens (including phenoxy) is 1. The van der Waals surface area contributed by atoms with E-state index in [0.717, 1.165) is 10.4 Å². The molecule has 0 atom stereocenters. The molecule has 0 spiro atoms. The third-order valence-electron chi connectivity index (χ3n) is 4.17. The summed E-state index contributed by atoms with van der Waals surface area (Å²) in [6.45, 7) is 1.85. The number of carbonyl (C=O) groups is 3. The molecule has 3 rings (SSSR count). The number of benzene rings is 1. The number of primary amides is 1. The van der Waals surface area contributed by atoms with E-state index >= 15 is 0 Å². The van der Waals surface area contributed by atoms with E-state index in [1.165, 1.54) is 11.3 Å². The third-order valence-corrected chi connectivity index (χ3v) is 5.15. The summed E-state index contributed by atoms with van der Waals surface area (Å²) in [4.78, 5) is 35.7. The number of carboxylic acid groups (broad SMARTS) is 1. The summed E-state index contributed by atoms with van der Waals surface area (Å²) in [6, 6.07) is 9.70. The van der Waals surface area contributed by atoms with Gasteiger partial charge in [-0.25, -0.2) is 4.79 Å². The second kappa shape index (κ2) is 7.63. The van der Waals surface area contributed by atoms with E-state index in [9.17, 15) is 14.4 Å². The van der Waals surface area contributed by atoms with Crippen LogP contribution in [0.4, 0.5) is 0 Å². The molecular formula is C19H18N2O5S. The van der Waals surface area contributed by atoms with Crippen molar-refractivity contribution in [1.82, 2.24) is 4.57 Å². The number of hydrogen-bond donors (Lipinski definition) is 2. The summed E-state index contributed by atoms with van der Waals surface area (Å²) in [5.74, 6) is -2.72. The minimum absolute atomic E-state index is 0.192. The largest absolute Gasteiger partial charge is 0.480 e. The van der Waals surface area contributed by atoms with Gasteiger partial charge in [0, 0.05) is 17.6 Å². The Morgan fingerprint density at radius 2 is 1.93 bits per heavy atom. The molecule has 7 nitrogen and oxygen atoms in total. The predicted molar refractivity (Wildman–Crippen MR) is 101 cm³/mol. The second-order valence-corrected chi connectivity index (χ2v) is 6.76. The average molecular weight is 386 g/mol. The van der Waals surface area contributed by atoms with Gasteiger partial charge in [-0.3, -0.25) is 9.59 Å². The second-order valence-electron chi connectivity index (χ2n) is 5.90. The number of nitrogens with zero attached hydrogens (tertiary/aromatic N) is 1. The molecule has 2 heterocycles. The zero-order valence-corrected chi connectivity index (χ0v) is 15.4. The highest BCUT2D eigenvalue weighted by atomic mass is 32.1. The average Bonchev–Trinajstić information content (AvgIpc) is 3.18. The van der Waals surface area contributed by atoms with E-state index in [-0.39, 0.29) is 11.3 Å². The number of nitrogens with two attached hydrogens (primary N) is 1. The van der Waals surface area contributed by atoms with Crippen molar-refractivity contribution >= 4 is 39.2 Å². The van der Waals surface area contributed by atoms with Crippen LogP contribution in [0.3, 0.4) is 0 Å². The van der Waals surface area contributed by atoms with Crippen LogP contribution in [0.1, 0.15) is 28.5 Å². The molecule has 140 valence electrons. The topological polar surface area (TPSA) is 112 Å². The fraction of sp³-hybridized carbons (Fsp3) is 0.211. The first-order chi connectivity index (χ1) is 12.9. The van der Waals surface area contributed by atoms with Crippen LogP contribution in [-0.4, -0.2) is 33.9 Å². The molecule has 0 saturated carbocycles. The van der Waals surface area contributed by atoms with Gasteiger partial charge in [0.15, 0.2) is 6.61 Å². The van der Waals surface area contributed by atoms with Gasteiger partial charge in [0.05, 0.1) is 10.9 Å². The van der Waals surface area contributed by atoms with Gasteiger partial charge in [0.1, 0.15) is 10.6 Å². The molecule has 0 fully saturated rings. The van der Waals surface area contributed by atoms with Gasteiger partial charge in [0.25, 0.3) is 11.7 Å². The lowest BCUT2D eigenvalue weighted by Crippen LogP contribution is -2.24. The maximum atomic E-state index is 12.5. The highest BCUT2D eigenvalue weighted by molar-refractivity contribution is 7.17. The molecule has 27 heavy (non-hydrogen) atoms. The van der Waals surface area contributed by atoms with E-state index in [2.05, 4.69) is 0 Å². The standard InChI is InChI=1S/C19H18N2O5S/c1-2-12-15(17(24)18(20)25)16-13(26-9-14(22)23)10-27-19(16)21(12)8-11-6-4-3-5-7-11/h3-7,10H,2,8-9H2,1H3,(H2,20,25)(H,22,23). The van der Waals surface area contributed by atoms with E-state index in [1.54, 1.807) is 5.38 Å². The van der Waals surface area contributed by atoms with E-state index in [0.29, 0.717) is 24.0 Å². The number of amides is 1. The highest BCUT2D eigenvalue weighted by Crippen LogP contribution is 2.40. The Kier molecular flexibility index (Phi) is 5.27. The quantitative estimate of drug-likeness (QED) is 0.456. The van der Waals surface area contributed by atoms with Gasteiger partial charge >= 0.3 is 5.97 Å². The van der Waals surface area contributed by atoms with Crippen molar-refractivity contribution < 1.29 is 24.2 Å². The monoisotopic (exact) mass is 386 g/mol. The molecule has 1 aromatic carbocycles. The van der Waals surface area contributed by atoms with Crippen molar-refractivity contribution in [3.63, 3.8) is 0 Å². The summed E-state index contributed by atoms with van der Waals surface area (Å²) < 4.78 is 7.31.